The van der Waals surface area contributed by atoms with Crippen LogP contribution in [0.25, 0.3) is 0 Å². The van der Waals surface area contributed by atoms with Crippen molar-refractivity contribution in [3.8, 4) is 0 Å². The number of hydrogen-bond acceptors (Lipinski definition) is 2. The summed E-state index contributed by atoms with van der Waals surface area (Å²) in [6.45, 7) is 2.67. The van der Waals surface area contributed by atoms with Crippen LogP contribution in [0.1, 0.15) is 30.5 Å². The third-order valence-corrected chi connectivity index (χ3v) is 4.62. The summed E-state index contributed by atoms with van der Waals surface area (Å²) in [5, 5.41) is 3.55. The molecule has 0 bridgehead atoms. The van der Waals surface area contributed by atoms with Crippen LogP contribution < -0.4 is 10.9 Å². The lowest BCUT2D eigenvalue weighted by atomic mass is 10.1. The van der Waals surface area contributed by atoms with Crippen molar-refractivity contribution < 1.29 is 0 Å². The van der Waals surface area contributed by atoms with Gasteiger partial charge in [-0.25, -0.2) is 0 Å². The maximum absolute atomic E-state index is 11.6. The Kier molecular flexibility index (Phi) is 3.66. The van der Waals surface area contributed by atoms with Crippen molar-refractivity contribution in [3.05, 3.63) is 62.5 Å². The Bertz CT molecular complexity index is 693. The van der Waals surface area contributed by atoms with Gasteiger partial charge in [0.05, 0.1) is 11.7 Å². The Morgan fingerprint density at radius 2 is 2.20 bits per heavy atom. The van der Waals surface area contributed by atoms with E-state index in [2.05, 4.69) is 39.4 Å². The van der Waals surface area contributed by atoms with Crippen LogP contribution in [-0.2, 0) is 13.0 Å². The predicted octanol–water partition coefficient (Wildman–Crippen LogP) is 3.73. The van der Waals surface area contributed by atoms with E-state index in [4.69, 9.17) is 0 Å². The summed E-state index contributed by atoms with van der Waals surface area (Å²) >= 11 is 3.62. The van der Waals surface area contributed by atoms with E-state index in [1.165, 1.54) is 15.6 Å². The number of rotatable bonds is 3. The van der Waals surface area contributed by atoms with Gasteiger partial charge in [0.2, 0.25) is 0 Å². The average molecular weight is 333 g/mol. The molecule has 0 aliphatic heterocycles. The van der Waals surface area contributed by atoms with Crippen molar-refractivity contribution in [2.75, 3.05) is 5.32 Å². The summed E-state index contributed by atoms with van der Waals surface area (Å²) in [4.78, 5) is 11.6. The van der Waals surface area contributed by atoms with Crippen molar-refractivity contribution in [3.63, 3.8) is 0 Å². The van der Waals surface area contributed by atoms with E-state index in [1.807, 2.05) is 19.2 Å². The van der Waals surface area contributed by atoms with Gasteiger partial charge >= 0.3 is 0 Å². The summed E-state index contributed by atoms with van der Waals surface area (Å²) in [5.74, 6) is 0. The molecule has 0 saturated heterocycles. The summed E-state index contributed by atoms with van der Waals surface area (Å²) in [6.07, 6.45) is 4.07. The highest BCUT2D eigenvalue weighted by molar-refractivity contribution is 9.10. The smallest absolute Gasteiger partial charge is 0.250 e. The molecule has 1 atom stereocenters. The van der Waals surface area contributed by atoms with Crippen LogP contribution >= 0.6 is 15.9 Å². The molecule has 104 valence electrons. The minimum absolute atomic E-state index is 0.0487. The Balaban J connectivity index is 1.87. The van der Waals surface area contributed by atoms with Gasteiger partial charge < -0.3 is 9.88 Å². The minimum atomic E-state index is 0.0487. The zero-order chi connectivity index (χ0) is 14.1. The van der Waals surface area contributed by atoms with Crippen molar-refractivity contribution in [1.82, 2.24) is 4.57 Å². The van der Waals surface area contributed by atoms with Crippen LogP contribution in [0, 0.1) is 0 Å². The maximum atomic E-state index is 11.6. The van der Waals surface area contributed by atoms with Gasteiger partial charge in [-0.1, -0.05) is 28.1 Å². The molecule has 1 aliphatic carbocycles. The summed E-state index contributed by atoms with van der Waals surface area (Å²) < 4.78 is 2.91. The van der Waals surface area contributed by atoms with Gasteiger partial charge in [-0.3, -0.25) is 4.79 Å². The lowest BCUT2D eigenvalue weighted by molar-refractivity contribution is 0.718. The highest BCUT2D eigenvalue weighted by Gasteiger charge is 2.23. The van der Waals surface area contributed by atoms with Crippen LogP contribution in [0.4, 0.5) is 5.69 Å². The van der Waals surface area contributed by atoms with Crippen molar-refractivity contribution in [2.45, 2.75) is 32.4 Å². The molecule has 0 fully saturated rings. The van der Waals surface area contributed by atoms with Crippen LogP contribution in [0.3, 0.4) is 0 Å². The normalized spacial score (nSPS) is 17.0. The molecule has 1 heterocycles. The molecule has 1 aromatic heterocycles. The van der Waals surface area contributed by atoms with E-state index < -0.39 is 0 Å². The maximum Gasteiger partial charge on any atom is 0.250 e. The molecule has 4 heteroatoms. The highest BCUT2D eigenvalue weighted by atomic mass is 79.9. The van der Waals surface area contributed by atoms with E-state index in [9.17, 15) is 4.79 Å². The minimum Gasteiger partial charge on any atom is -0.377 e. The molecule has 0 saturated carbocycles. The number of nitrogens with zero attached hydrogens (tertiary/aromatic N) is 1. The first kappa shape index (κ1) is 13.4. The van der Waals surface area contributed by atoms with E-state index in [-0.39, 0.29) is 5.56 Å². The molecule has 0 amide bonds. The highest BCUT2D eigenvalue weighted by Crippen LogP contribution is 2.37. The molecule has 0 radical (unpaired) electrons. The largest absolute Gasteiger partial charge is 0.377 e. The topological polar surface area (TPSA) is 34.0 Å². The number of aromatic nitrogens is 1. The Hall–Kier alpha value is -1.55. The standard InChI is InChI=1S/C16H17BrN2O/c1-2-19-10-11(6-9-16(19)20)18-15-8-7-12-13(15)4-3-5-14(12)17/h3-6,9-10,15,18H,2,7-8H2,1H3. The number of fused-ring (bicyclic) bond motifs is 1. The predicted molar refractivity (Wildman–Crippen MR) is 85.2 cm³/mol. The third kappa shape index (κ3) is 2.40. The molecule has 2 aromatic rings. The number of nitrogens with one attached hydrogen (secondary N) is 1. The number of aryl methyl sites for hydroxylation is 1. The van der Waals surface area contributed by atoms with Crippen molar-refractivity contribution >= 4 is 21.6 Å². The van der Waals surface area contributed by atoms with Gasteiger partial charge in [0.1, 0.15) is 0 Å². The molecule has 3 rings (SSSR count). The van der Waals surface area contributed by atoms with Gasteiger partial charge in [-0.2, -0.15) is 0 Å². The fraction of sp³-hybridized carbons (Fsp3) is 0.312. The molecule has 1 aliphatic rings. The van der Waals surface area contributed by atoms with Gasteiger partial charge in [0.25, 0.3) is 5.56 Å². The molecule has 3 nitrogen and oxygen atoms in total. The molecule has 20 heavy (non-hydrogen) atoms. The zero-order valence-corrected chi connectivity index (χ0v) is 13.0. The lowest BCUT2D eigenvalue weighted by Crippen LogP contribution is -2.18. The number of pyridine rings is 1. The van der Waals surface area contributed by atoms with Crippen LogP contribution in [0.5, 0.6) is 0 Å². The third-order valence-electron chi connectivity index (χ3n) is 3.88. The fourth-order valence-corrected chi connectivity index (χ4v) is 3.40. The number of halogens is 1. The molecule has 0 spiro atoms. The van der Waals surface area contributed by atoms with Gasteiger partial charge in [0.15, 0.2) is 0 Å². The Morgan fingerprint density at radius 3 is 3.00 bits per heavy atom. The van der Waals surface area contributed by atoms with Crippen LogP contribution in [-0.4, -0.2) is 4.57 Å². The van der Waals surface area contributed by atoms with Gasteiger partial charge in [-0.05, 0) is 43.0 Å². The monoisotopic (exact) mass is 332 g/mol. The summed E-state index contributed by atoms with van der Waals surface area (Å²) in [5.41, 5.74) is 3.80. The zero-order valence-electron chi connectivity index (χ0n) is 11.4. The molecule has 1 N–H and O–H groups in total. The number of anilines is 1. The lowest BCUT2D eigenvalue weighted by Gasteiger charge is -2.16. The van der Waals surface area contributed by atoms with E-state index in [1.54, 1.807) is 10.6 Å². The second kappa shape index (κ2) is 5.44. The SMILES string of the molecule is CCn1cc(NC2CCc3c(Br)cccc32)ccc1=O. The van der Waals surface area contributed by atoms with Crippen molar-refractivity contribution in [1.29, 1.82) is 0 Å². The quantitative estimate of drug-likeness (QED) is 0.929. The number of benzene rings is 1. The Labute approximate surface area is 126 Å². The fourth-order valence-electron chi connectivity index (χ4n) is 2.82. The molecule has 1 unspecified atom stereocenters. The first-order chi connectivity index (χ1) is 9.69. The van der Waals surface area contributed by atoms with Crippen LogP contribution in [0.2, 0.25) is 0 Å². The summed E-state index contributed by atoms with van der Waals surface area (Å²) in [6, 6.07) is 10.2. The Morgan fingerprint density at radius 1 is 1.35 bits per heavy atom. The van der Waals surface area contributed by atoms with Crippen LogP contribution in [0.15, 0.2) is 45.8 Å². The van der Waals surface area contributed by atoms with Gasteiger partial charge in [-0.15, -0.1) is 0 Å². The van der Waals surface area contributed by atoms with Crippen molar-refractivity contribution in [2.24, 2.45) is 0 Å². The second-order valence-electron chi connectivity index (χ2n) is 5.09. The first-order valence-electron chi connectivity index (χ1n) is 6.93. The molecule has 1 aromatic carbocycles. The van der Waals surface area contributed by atoms with E-state index >= 15 is 0 Å². The van der Waals surface area contributed by atoms with E-state index in [0.717, 1.165) is 18.5 Å². The first-order valence-corrected chi connectivity index (χ1v) is 7.72. The molecular formula is C16H17BrN2O. The molecular weight excluding hydrogens is 316 g/mol. The van der Waals surface area contributed by atoms with E-state index in [0.29, 0.717) is 12.6 Å². The second-order valence-corrected chi connectivity index (χ2v) is 5.94. The average Bonchev–Trinajstić information content (AvgIpc) is 2.86. The summed E-state index contributed by atoms with van der Waals surface area (Å²) in [7, 11) is 0. The van der Waals surface area contributed by atoms with Gasteiger partial charge in [0, 0.05) is 23.3 Å². The number of hydrogen-bond donors (Lipinski definition) is 1.